The largest absolute Gasteiger partial charge is 0.493 e. The molecule has 1 fully saturated rings. The minimum atomic E-state index is -0.137. The number of nitrogens with zero attached hydrogens (tertiary/aromatic N) is 1. The fourth-order valence-electron chi connectivity index (χ4n) is 3.16. The fourth-order valence-corrected chi connectivity index (χ4v) is 3.16. The van der Waals surface area contributed by atoms with Gasteiger partial charge in [0.15, 0.2) is 18.1 Å². The molecule has 0 bridgehead atoms. The van der Waals surface area contributed by atoms with Crippen LogP contribution >= 0.6 is 0 Å². The first kappa shape index (κ1) is 18.5. The Morgan fingerprint density at radius 2 is 2.21 bits per heavy atom. The van der Waals surface area contributed by atoms with Gasteiger partial charge in [-0.15, -0.1) is 0 Å². The predicted octanol–water partition coefficient (Wildman–Crippen LogP) is 1.38. The second kappa shape index (κ2) is 8.89. The van der Waals surface area contributed by atoms with Crippen LogP contribution in [0.1, 0.15) is 25.8 Å². The third kappa shape index (κ3) is 4.85. The van der Waals surface area contributed by atoms with Crippen LogP contribution in [0.2, 0.25) is 0 Å². The van der Waals surface area contributed by atoms with Crippen molar-refractivity contribution in [1.82, 2.24) is 10.2 Å². The maximum absolute atomic E-state index is 11.5. The number of methoxy groups -OCH3 is 1. The SMILES string of the molecule is CCNC(=O)COc1ccc(CN2C[C@H](CN)C[C@@H]2C)cc1OC. The molecule has 6 heteroatoms. The van der Waals surface area contributed by atoms with Gasteiger partial charge in [0.25, 0.3) is 5.91 Å². The maximum atomic E-state index is 11.5. The Kier molecular flexibility index (Phi) is 6.87. The molecule has 1 amide bonds. The number of likely N-dealkylation sites (N-methyl/N-ethyl adjacent to an activating group) is 1. The van der Waals surface area contributed by atoms with Gasteiger partial charge in [0, 0.05) is 25.7 Å². The van der Waals surface area contributed by atoms with Gasteiger partial charge in [-0.1, -0.05) is 6.07 Å². The second-order valence-corrected chi connectivity index (χ2v) is 6.34. The van der Waals surface area contributed by atoms with Gasteiger partial charge >= 0.3 is 0 Å². The Balaban J connectivity index is 1.99. The van der Waals surface area contributed by atoms with Crippen molar-refractivity contribution in [1.29, 1.82) is 0 Å². The zero-order valence-corrected chi connectivity index (χ0v) is 14.9. The van der Waals surface area contributed by atoms with Crippen LogP contribution in [0.3, 0.4) is 0 Å². The molecule has 1 aliphatic rings. The number of likely N-dealkylation sites (tertiary alicyclic amines) is 1. The highest BCUT2D eigenvalue weighted by Gasteiger charge is 2.28. The molecule has 3 N–H and O–H groups in total. The first-order valence-corrected chi connectivity index (χ1v) is 8.57. The highest BCUT2D eigenvalue weighted by molar-refractivity contribution is 5.77. The summed E-state index contributed by atoms with van der Waals surface area (Å²) in [4.78, 5) is 14.0. The summed E-state index contributed by atoms with van der Waals surface area (Å²) < 4.78 is 11.0. The number of rotatable bonds is 8. The van der Waals surface area contributed by atoms with Gasteiger partial charge in [-0.05, 0) is 50.4 Å². The molecule has 0 unspecified atom stereocenters. The quantitative estimate of drug-likeness (QED) is 0.750. The molecule has 134 valence electrons. The van der Waals surface area contributed by atoms with Crippen molar-refractivity contribution >= 4 is 5.91 Å². The molecule has 2 atom stereocenters. The van der Waals surface area contributed by atoms with E-state index in [9.17, 15) is 4.79 Å². The van der Waals surface area contributed by atoms with E-state index in [1.807, 2.05) is 25.1 Å². The van der Waals surface area contributed by atoms with Crippen LogP contribution in [0.4, 0.5) is 0 Å². The number of benzene rings is 1. The van der Waals surface area contributed by atoms with Crippen molar-refractivity contribution in [3.05, 3.63) is 23.8 Å². The molecule has 1 aromatic rings. The van der Waals surface area contributed by atoms with Crippen molar-refractivity contribution in [2.24, 2.45) is 11.7 Å². The van der Waals surface area contributed by atoms with Crippen molar-refractivity contribution in [2.45, 2.75) is 32.9 Å². The Hall–Kier alpha value is -1.79. The van der Waals surface area contributed by atoms with Gasteiger partial charge in [0.2, 0.25) is 0 Å². The summed E-state index contributed by atoms with van der Waals surface area (Å²) in [5.74, 6) is 1.68. The predicted molar refractivity (Wildman–Crippen MR) is 94.2 cm³/mol. The molecule has 1 aromatic carbocycles. The van der Waals surface area contributed by atoms with Crippen LogP contribution < -0.4 is 20.5 Å². The van der Waals surface area contributed by atoms with Crippen LogP contribution in [0, 0.1) is 5.92 Å². The number of carbonyl (C=O) groups excluding carboxylic acids is 1. The molecule has 24 heavy (non-hydrogen) atoms. The molecule has 2 rings (SSSR count). The maximum Gasteiger partial charge on any atom is 0.257 e. The monoisotopic (exact) mass is 335 g/mol. The Bertz CT molecular complexity index is 550. The molecule has 0 aliphatic carbocycles. The van der Waals surface area contributed by atoms with Gasteiger partial charge < -0.3 is 20.5 Å². The lowest BCUT2D eigenvalue weighted by Crippen LogP contribution is -2.28. The molecular weight excluding hydrogens is 306 g/mol. The van der Waals surface area contributed by atoms with E-state index in [1.54, 1.807) is 7.11 Å². The highest BCUT2D eigenvalue weighted by Crippen LogP contribution is 2.30. The lowest BCUT2D eigenvalue weighted by molar-refractivity contribution is -0.123. The summed E-state index contributed by atoms with van der Waals surface area (Å²) in [5, 5.41) is 2.71. The summed E-state index contributed by atoms with van der Waals surface area (Å²) in [7, 11) is 1.61. The van der Waals surface area contributed by atoms with E-state index in [1.165, 1.54) is 5.56 Å². The summed E-state index contributed by atoms with van der Waals surface area (Å²) in [6.07, 6.45) is 1.15. The standard InChI is InChI=1S/C18H29N3O3/c1-4-20-18(22)12-24-16-6-5-14(8-17(16)23-3)10-21-11-15(9-19)7-13(21)2/h5-6,8,13,15H,4,7,9-12,19H2,1-3H3,(H,20,22)/t13-,15-/m0/s1. The second-order valence-electron chi connectivity index (χ2n) is 6.34. The van der Waals surface area contributed by atoms with Crippen LogP contribution in [0.25, 0.3) is 0 Å². The molecule has 0 saturated carbocycles. The van der Waals surface area contributed by atoms with Crippen LogP contribution in [0.5, 0.6) is 11.5 Å². The molecule has 1 heterocycles. The van der Waals surface area contributed by atoms with Crippen LogP contribution in [0.15, 0.2) is 18.2 Å². The summed E-state index contributed by atoms with van der Waals surface area (Å²) in [5.41, 5.74) is 6.97. The summed E-state index contributed by atoms with van der Waals surface area (Å²) in [6.45, 7) is 7.36. The van der Waals surface area contributed by atoms with E-state index in [-0.39, 0.29) is 12.5 Å². The lowest BCUT2D eigenvalue weighted by Gasteiger charge is -2.21. The lowest BCUT2D eigenvalue weighted by atomic mass is 10.1. The average molecular weight is 335 g/mol. The van der Waals surface area contributed by atoms with Crippen molar-refractivity contribution in [3.63, 3.8) is 0 Å². The normalized spacial score (nSPS) is 20.8. The minimum Gasteiger partial charge on any atom is -0.493 e. The van der Waals surface area contributed by atoms with Crippen LogP contribution in [-0.2, 0) is 11.3 Å². The molecule has 1 saturated heterocycles. The molecule has 1 aliphatic heterocycles. The number of hydrogen-bond acceptors (Lipinski definition) is 5. The Morgan fingerprint density at radius 3 is 2.83 bits per heavy atom. The molecule has 0 aromatic heterocycles. The number of carbonyl (C=O) groups is 1. The Morgan fingerprint density at radius 1 is 1.42 bits per heavy atom. The number of nitrogens with two attached hydrogens (primary N) is 1. The van der Waals surface area contributed by atoms with Gasteiger partial charge in [-0.2, -0.15) is 0 Å². The zero-order chi connectivity index (χ0) is 17.5. The first-order chi connectivity index (χ1) is 11.6. The van der Waals surface area contributed by atoms with Crippen molar-refractivity contribution < 1.29 is 14.3 Å². The van der Waals surface area contributed by atoms with Crippen LogP contribution in [-0.4, -0.2) is 50.2 Å². The summed E-state index contributed by atoms with van der Waals surface area (Å²) in [6, 6.07) is 6.42. The molecule has 0 spiro atoms. The van der Waals surface area contributed by atoms with Gasteiger partial charge in [-0.3, -0.25) is 9.69 Å². The number of nitrogens with one attached hydrogen (secondary N) is 1. The third-order valence-corrected chi connectivity index (χ3v) is 4.47. The smallest absolute Gasteiger partial charge is 0.257 e. The number of ether oxygens (including phenoxy) is 2. The van der Waals surface area contributed by atoms with E-state index in [4.69, 9.17) is 15.2 Å². The van der Waals surface area contributed by atoms with Crippen molar-refractivity contribution in [3.8, 4) is 11.5 Å². The number of amides is 1. The molecule has 6 nitrogen and oxygen atoms in total. The summed E-state index contributed by atoms with van der Waals surface area (Å²) >= 11 is 0. The van der Waals surface area contributed by atoms with Gasteiger partial charge in [0.05, 0.1) is 7.11 Å². The molecular formula is C18H29N3O3. The van der Waals surface area contributed by atoms with Gasteiger partial charge in [-0.25, -0.2) is 0 Å². The average Bonchev–Trinajstić information content (AvgIpc) is 2.93. The topological polar surface area (TPSA) is 76.8 Å². The minimum absolute atomic E-state index is 0.00904. The third-order valence-electron chi connectivity index (χ3n) is 4.47. The van der Waals surface area contributed by atoms with E-state index in [2.05, 4.69) is 17.1 Å². The number of hydrogen-bond donors (Lipinski definition) is 2. The zero-order valence-electron chi connectivity index (χ0n) is 14.9. The van der Waals surface area contributed by atoms with E-state index in [0.29, 0.717) is 30.0 Å². The van der Waals surface area contributed by atoms with E-state index < -0.39 is 0 Å². The van der Waals surface area contributed by atoms with E-state index in [0.717, 1.165) is 26.1 Å². The molecule has 0 radical (unpaired) electrons. The van der Waals surface area contributed by atoms with Crippen molar-refractivity contribution in [2.75, 3.05) is 33.4 Å². The van der Waals surface area contributed by atoms with E-state index >= 15 is 0 Å². The van der Waals surface area contributed by atoms with Gasteiger partial charge in [0.1, 0.15) is 0 Å². The Labute approximate surface area is 144 Å². The first-order valence-electron chi connectivity index (χ1n) is 8.57. The fraction of sp³-hybridized carbons (Fsp3) is 0.611. The highest BCUT2D eigenvalue weighted by atomic mass is 16.5.